The smallest absolute Gasteiger partial charge is 0.321 e. The number of urea groups is 1. The number of imide groups is 1. The minimum Gasteiger partial charge on any atom is -0.341 e. The van der Waals surface area contributed by atoms with E-state index < -0.39 is 6.03 Å². The van der Waals surface area contributed by atoms with Gasteiger partial charge in [0.25, 0.3) is 0 Å². The Balaban J connectivity index is 2.14. The molecule has 23 heavy (non-hydrogen) atoms. The van der Waals surface area contributed by atoms with E-state index in [1.54, 1.807) is 6.92 Å². The molecule has 1 aromatic heterocycles. The van der Waals surface area contributed by atoms with Crippen LogP contribution in [0.1, 0.15) is 56.5 Å². The van der Waals surface area contributed by atoms with Gasteiger partial charge in [0.1, 0.15) is 0 Å². The van der Waals surface area contributed by atoms with Crippen LogP contribution in [0.15, 0.2) is 5.16 Å². The molecule has 0 radical (unpaired) electrons. The Morgan fingerprint density at radius 1 is 1.26 bits per heavy atom. The predicted molar refractivity (Wildman–Crippen MR) is 91.7 cm³/mol. The fourth-order valence-electron chi connectivity index (χ4n) is 2.94. The SMILES string of the molecule is CNC(=O)NC(=O)C(C)Sc1nc(C)c(C)n1C1CCCCC1. The second-order valence-electron chi connectivity index (χ2n) is 6.06. The van der Waals surface area contributed by atoms with Gasteiger partial charge in [0.2, 0.25) is 5.91 Å². The van der Waals surface area contributed by atoms with Gasteiger partial charge in [-0.2, -0.15) is 0 Å². The Morgan fingerprint density at radius 3 is 2.52 bits per heavy atom. The van der Waals surface area contributed by atoms with E-state index in [9.17, 15) is 9.59 Å². The number of hydrogen-bond acceptors (Lipinski definition) is 4. The monoisotopic (exact) mass is 338 g/mol. The molecule has 1 atom stereocenters. The summed E-state index contributed by atoms with van der Waals surface area (Å²) in [7, 11) is 1.49. The lowest BCUT2D eigenvalue weighted by atomic mass is 9.95. The lowest BCUT2D eigenvalue weighted by molar-refractivity contribution is -0.119. The first kappa shape index (κ1) is 17.8. The molecule has 7 heteroatoms. The fraction of sp³-hybridized carbons (Fsp3) is 0.688. The zero-order valence-electron chi connectivity index (χ0n) is 14.3. The van der Waals surface area contributed by atoms with Crippen molar-refractivity contribution in [2.45, 2.75) is 69.3 Å². The highest BCUT2D eigenvalue weighted by Gasteiger charge is 2.25. The van der Waals surface area contributed by atoms with Crippen molar-refractivity contribution < 1.29 is 9.59 Å². The summed E-state index contributed by atoms with van der Waals surface area (Å²) in [6, 6.07) is -0.00733. The van der Waals surface area contributed by atoms with E-state index in [4.69, 9.17) is 0 Å². The molecule has 0 bridgehead atoms. The van der Waals surface area contributed by atoms with E-state index in [0.717, 1.165) is 10.9 Å². The highest BCUT2D eigenvalue weighted by Crippen LogP contribution is 2.35. The number of hydrogen-bond donors (Lipinski definition) is 2. The number of aromatic nitrogens is 2. The molecule has 3 amide bonds. The summed E-state index contributed by atoms with van der Waals surface area (Å²) in [5.74, 6) is -0.303. The van der Waals surface area contributed by atoms with Crippen molar-refractivity contribution in [2.24, 2.45) is 0 Å². The van der Waals surface area contributed by atoms with Crippen LogP contribution in [0.5, 0.6) is 0 Å². The molecule has 1 saturated carbocycles. The van der Waals surface area contributed by atoms with Crippen molar-refractivity contribution in [3.63, 3.8) is 0 Å². The Bertz CT molecular complexity index is 579. The van der Waals surface area contributed by atoms with Gasteiger partial charge in [0, 0.05) is 18.8 Å². The molecule has 2 N–H and O–H groups in total. The zero-order valence-corrected chi connectivity index (χ0v) is 15.1. The summed E-state index contributed by atoms with van der Waals surface area (Å²) < 4.78 is 2.29. The molecule has 0 saturated heterocycles. The number of carbonyl (C=O) groups is 2. The standard InChI is InChI=1S/C16H26N4O2S/c1-10-11(2)20(13-8-6-5-7-9-13)16(18-10)23-12(3)14(21)19-15(22)17-4/h12-13H,5-9H2,1-4H3,(H2,17,19,21,22). The summed E-state index contributed by atoms with van der Waals surface area (Å²) in [6.45, 7) is 5.90. The van der Waals surface area contributed by atoms with Crippen molar-refractivity contribution in [3.8, 4) is 0 Å². The third kappa shape index (κ3) is 4.28. The molecule has 0 spiro atoms. The normalized spacial score (nSPS) is 16.9. The average molecular weight is 338 g/mol. The summed E-state index contributed by atoms with van der Waals surface area (Å²) in [4.78, 5) is 28.0. The number of amides is 3. The van der Waals surface area contributed by atoms with Crippen LogP contribution in [0.3, 0.4) is 0 Å². The molecule has 1 aliphatic rings. The summed E-state index contributed by atoms with van der Waals surface area (Å²) in [5.41, 5.74) is 2.19. The van der Waals surface area contributed by atoms with Crippen LogP contribution in [-0.4, -0.2) is 33.8 Å². The number of carbonyl (C=O) groups excluding carboxylic acids is 2. The van der Waals surface area contributed by atoms with Gasteiger partial charge < -0.3 is 9.88 Å². The maximum atomic E-state index is 12.1. The minimum atomic E-state index is -0.481. The van der Waals surface area contributed by atoms with Crippen molar-refractivity contribution in [3.05, 3.63) is 11.4 Å². The third-order valence-corrected chi connectivity index (χ3v) is 5.48. The maximum Gasteiger partial charge on any atom is 0.321 e. The quantitative estimate of drug-likeness (QED) is 0.828. The molecule has 1 heterocycles. The molecule has 1 aromatic rings. The van der Waals surface area contributed by atoms with Crippen molar-refractivity contribution in [2.75, 3.05) is 7.05 Å². The minimum absolute atomic E-state index is 0.303. The van der Waals surface area contributed by atoms with Crippen LogP contribution in [-0.2, 0) is 4.79 Å². The van der Waals surface area contributed by atoms with E-state index in [2.05, 4.69) is 27.1 Å². The van der Waals surface area contributed by atoms with Gasteiger partial charge in [-0.15, -0.1) is 0 Å². The second kappa shape index (κ2) is 7.86. The first-order valence-electron chi connectivity index (χ1n) is 8.18. The summed E-state index contributed by atoms with van der Waals surface area (Å²) in [6.07, 6.45) is 6.14. The molecule has 2 rings (SSSR count). The molecule has 128 valence electrons. The van der Waals surface area contributed by atoms with Gasteiger partial charge in [-0.3, -0.25) is 10.1 Å². The first-order valence-corrected chi connectivity index (χ1v) is 9.06. The molecule has 1 aliphatic carbocycles. The van der Waals surface area contributed by atoms with E-state index in [-0.39, 0.29) is 11.2 Å². The first-order chi connectivity index (χ1) is 10.9. The molecular weight excluding hydrogens is 312 g/mol. The van der Waals surface area contributed by atoms with Gasteiger partial charge in [-0.05, 0) is 33.6 Å². The van der Waals surface area contributed by atoms with Crippen molar-refractivity contribution >= 4 is 23.7 Å². The van der Waals surface area contributed by atoms with Crippen LogP contribution in [0.4, 0.5) is 4.79 Å². The largest absolute Gasteiger partial charge is 0.341 e. The van der Waals surface area contributed by atoms with Crippen LogP contribution >= 0.6 is 11.8 Å². The van der Waals surface area contributed by atoms with Crippen LogP contribution < -0.4 is 10.6 Å². The fourth-order valence-corrected chi connectivity index (χ4v) is 4.01. The van der Waals surface area contributed by atoms with Gasteiger partial charge >= 0.3 is 6.03 Å². The van der Waals surface area contributed by atoms with Crippen molar-refractivity contribution in [1.82, 2.24) is 20.2 Å². The summed E-state index contributed by atoms with van der Waals surface area (Å²) in [5, 5.41) is 5.22. The highest BCUT2D eigenvalue weighted by molar-refractivity contribution is 8.00. The van der Waals surface area contributed by atoms with E-state index in [1.807, 2.05) is 6.92 Å². The molecule has 6 nitrogen and oxygen atoms in total. The van der Waals surface area contributed by atoms with Crippen LogP contribution in [0.25, 0.3) is 0 Å². The Hall–Kier alpha value is -1.50. The predicted octanol–water partition coefficient (Wildman–Crippen LogP) is 2.94. The van der Waals surface area contributed by atoms with Crippen LogP contribution in [0.2, 0.25) is 0 Å². The highest BCUT2D eigenvalue weighted by atomic mass is 32.2. The Kier molecular flexibility index (Phi) is 6.10. The van der Waals surface area contributed by atoms with Gasteiger partial charge in [-0.25, -0.2) is 9.78 Å². The van der Waals surface area contributed by atoms with Gasteiger partial charge in [0.15, 0.2) is 5.16 Å². The number of aryl methyl sites for hydroxylation is 1. The maximum absolute atomic E-state index is 12.1. The molecule has 1 fully saturated rings. The van der Waals surface area contributed by atoms with E-state index >= 15 is 0 Å². The zero-order chi connectivity index (χ0) is 17.0. The van der Waals surface area contributed by atoms with E-state index in [0.29, 0.717) is 6.04 Å². The molecule has 1 unspecified atom stereocenters. The average Bonchev–Trinajstić information content (AvgIpc) is 2.82. The second-order valence-corrected chi connectivity index (χ2v) is 7.36. The topological polar surface area (TPSA) is 76.0 Å². The number of rotatable bonds is 4. The van der Waals surface area contributed by atoms with Gasteiger partial charge in [0.05, 0.1) is 10.9 Å². The lowest BCUT2D eigenvalue weighted by Gasteiger charge is -2.26. The van der Waals surface area contributed by atoms with E-state index in [1.165, 1.54) is 56.6 Å². The molecule has 0 aliphatic heterocycles. The Morgan fingerprint density at radius 2 is 1.91 bits per heavy atom. The van der Waals surface area contributed by atoms with Gasteiger partial charge in [-0.1, -0.05) is 31.0 Å². The lowest BCUT2D eigenvalue weighted by Crippen LogP contribution is -2.41. The summed E-state index contributed by atoms with van der Waals surface area (Å²) >= 11 is 1.42. The molecular formula is C16H26N4O2S. The Labute approximate surface area is 141 Å². The number of nitrogens with zero attached hydrogens (tertiary/aromatic N) is 2. The number of thioether (sulfide) groups is 1. The number of nitrogens with one attached hydrogen (secondary N) is 2. The number of imidazole rings is 1. The molecule has 0 aromatic carbocycles. The van der Waals surface area contributed by atoms with Crippen LogP contribution in [0, 0.1) is 13.8 Å². The third-order valence-electron chi connectivity index (χ3n) is 4.41. The van der Waals surface area contributed by atoms with Crippen molar-refractivity contribution in [1.29, 1.82) is 0 Å².